The lowest BCUT2D eigenvalue weighted by Gasteiger charge is -2.22. The van der Waals surface area contributed by atoms with E-state index in [1.165, 1.54) is 0 Å². The summed E-state index contributed by atoms with van der Waals surface area (Å²) in [5.74, 6) is 0. The van der Waals surface area contributed by atoms with Gasteiger partial charge in [0, 0.05) is 17.9 Å². The maximum atomic E-state index is 5.95. The molecule has 0 spiro atoms. The summed E-state index contributed by atoms with van der Waals surface area (Å²) in [5.41, 5.74) is 6.72. The highest BCUT2D eigenvalue weighted by Gasteiger charge is 2.17. The minimum absolute atomic E-state index is 0.317. The van der Waals surface area contributed by atoms with Gasteiger partial charge in [-0.3, -0.25) is 4.98 Å². The summed E-state index contributed by atoms with van der Waals surface area (Å²) in [6.45, 7) is 5.76. The molecule has 0 saturated heterocycles. The molecule has 0 aromatic carbocycles. The Morgan fingerprint density at radius 3 is 2.55 bits per heavy atom. The second-order valence-electron chi connectivity index (χ2n) is 2.90. The van der Waals surface area contributed by atoms with E-state index in [1.807, 2.05) is 19.1 Å². The van der Waals surface area contributed by atoms with Crippen LogP contribution in [-0.4, -0.2) is 4.98 Å². The molecule has 1 aromatic heterocycles. The monoisotopic (exact) mass is 149 g/mol. The van der Waals surface area contributed by atoms with Gasteiger partial charge in [0.25, 0.3) is 0 Å². The molecule has 1 radical (unpaired) electrons. The van der Waals surface area contributed by atoms with Gasteiger partial charge in [-0.2, -0.15) is 0 Å². The lowest BCUT2D eigenvalue weighted by Crippen LogP contribution is -2.31. The topological polar surface area (TPSA) is 38.9 Å². The third-order valence-electron chi connectivity index (χ3n) is 1.86. The Labute approximate surface area is 67.5 Å². The van der Waals surface area contributed by atoms with Gasteiger partial charge in [-0.15, -0.1) is 0 Å². The molecular formula is C9H13N2. The Bertz CT molecular complexity index is 216. The first-order valence-corrected chi connectivity index (χ1v) is 3.65. The molecule has 0 amide bonds. The lowest BCUT2D eigenvalue weighted by molar-refractivity contribution is 0.499. The summed E-state index contributed by atoms with van der Waals surface area (Å²) in [6, 6.07) is 3.84. The summed E-state index contributed by atoms with van der Waals surface area (Å²) in [7, 11) is 0. The predicted molar refractivity (Wildman–Crippen MR) is 45.8 cm³/mol. The predicted octanol–water partition coefficient (Wildman–Crippen LogP) is 1.48. The van der Waals surface area contributed by atoms with E-state index in [-0.39, 0.29) is 5.54 Å². The van der Waals surface area contributed by atoms with E-state index in [2.05, 4.69) is 11.9 Å². The van der Waals surface area contributed by atoms with Gasteiger partial charge < -0.3 is 5.73 Å². The highest BCUT2D eigenvalue weighted by Crippen LogP contribution is 2.19. The molecule has 1 heterocycles. The summed E-state index contributed by atoms with van der Waals surface area (Å²) in [4.78, 5) is 3.92. The Kier molecular flexibility index (Phi) is 2.25. The van der Waals surface area contributed by atoms with Crippen LogP contribution >= 0.6 is 0 Å². The fourth-order valence-electron chi connectivity index (χ4n) is 0.877. The van der Waals surface area contributed by atoms with Crippen molar-refractivity contribution < 1.29 is 0 Å². The Hall–Kier alpha value is -0.890. The summed E-state index contributed by atoms with van der Waals surface area (Å²) in [5, 5.41) is 0. The number of hydrogen-bond donors (Lipinski definition) is 1. The molecule has 59 valence electrons. The molecule has 0 aliphatic carbocycles. The third-order valence-corrected chi connectivity index (χ3v) is 1.86. The number of pyridine rings is 1. The van der Waals surface area contributed by atoms with Crippen LogP contribution in [0.4, 0.5) is 0 Å². The van der Waals surface area contributed by atoms with Crippen LogP contribution in [0.3, 0.4) is 0 Å². The number of nitrogens with two attached hydrogens (primary N) is 1. The van der Waals surface area contributed by atoms with Crippen LogP contribution in [0.5, 0.6) is 0 Å². The van der Waals surface area contributed by atoms with Gasteiger partial charge >= 0.3 is 0 Å². The molecule has 2 nitrogen and oxygen atoms in total. The van der Waals surface area contributed by atoms with E-state index in [0.29, 0.717) is 6.42 Å². The first-order valence-electron chi connectivity index (χ1n) is 3.65. The molecule has 2 N–H and O–H groups in total. The van der Waals surface area contributed by atoms with Gasteiger partial charge in [-0.1, -0.05) is 6.92 Å². The number of aromatic nitrogens is 1. The Morgan fingerprint density at radius 1 is 1.55 bits per heavy atom. The molecule has 1 atom stereocenters. The van der Waals surface area contributed by atoms with Gasteiger partial charge in [0.05, 0.1) is 0 Å². The summed E-state index contributed by atoms with van der Waals surface area (Å²) >= 11 is 0. The Morgan fingerprint density at radius 2 is 2.09 bits per heavy atom. The zero-order valence-corrected chi connectivity index (χ0v) is 6.75. The molecule has 1 rings (SSSR count). The van der Waals surface area contributed by atoms with Crippen molar-refractivity contribution in [3.8, 4) is 0 Å². The SMILES string of the molecule is [CH2]CC(C)(N)c1ccncc1. The summed E-state index contributed by atoms with van der Waals surface area (Å²) in [6.07, 6.45) is 4.18. The van der Waals surface area contributed by atoms with Gasteiger partial charge in [-0.05, 0) is 31.0 Å². The van der Waals surface area contributed by atoms with Crippen LogP contribution in [0.2, 0.25) is 0 Å². The van der Waals surface area contributed by atoms with Crippen molar-refractivity contribution in [2.45, 2.75) is 18.9 Å². The largest absolute Gasteiger partial charge is 0.322 e. The van der Waals surface area contributed by atoms with Gasteiger partial charge in [-0.25, -0.2) is 0 Å². The maximum absolute atomic E-state index is 5.95. The van der Waals surface area contributed by atoms with E-state index >= 15 is 0 Å². The molecule has 11 heavy (non-hydrogen) atoms. The summed E-state index contributed by atoms with van der Waals surface area (Å²) < 4.78 is 0. The molecule has 0 fully saturated rings. The van der Waals surface area contributed by atoms with Crippen LogP contribution in [-0.2, 0) is 5.54 Å². The molecular weight excluding hydrogens is 136 g/mol. The number of rotatable bonds is 2. The molecule has 0 aliphatic heterocycles. The van der Waals surface area contributed by atoms with Crippen molar-refractivity contribution in [2.75, 3.05) is 0 Å². The second kappa shape index (κ2) is 3.01. The minimum atomic E-state index is -0.317. The van der Waals surface area contributed by atoms with Crippen molar-refractivity contribution in [2.24, 2.45) is 5.73 Å². The van der Waals surface area contributed by atoms with Crippen LogP contribution < -0.4 is 5.73 Å². The van der Waals surface area contributed by atoms with E-state index in [4.69, 9.17) is 5.73 Å². The van der Waals surface area contributed by atoms with Crippen molar-refractivity contribution >= 4 is 0 Å². The normalized spacial score (nSPS) is 15.9. The number of nitrogens with zero attached hydrogens (tertiary/aromatic N) is 1. The first kappa shape index (κ1) is 8.21. The highest BCUT2D eigenvalue weighted by atomic mass is 14.7. The quantitative estimate of drug-likeness (QED) is 0.691. The van der Waals surface area contributed by atoms with Gasteiger partial charge in [0.2, 0.25) is 0 Å². The first-order chi connectivity index (χ1) is 5.17. The van der Waals surface area contributed by atoms with Gasteiger partial charge in [0.15, 0.2) is 0 Å². The Balaban J connectivity index is 2.93. The minimum Gasteiger partial charge on any atom is -0.322 e. The van der Waals surface area contributed by atoms with E-state index in [0.717, 1.165) is 5.56 Å². The average molecular weight is 149 g/mol. The lowest BCUT2D eigenvalue weighted by atomic mass is 9.92. The van der Waals surface area contributed by atoms with Crippen molar-refractivity contribution in [1.82, 2.24) is 4.98 Å². The smallest absolute Gasteiger partial charge is 0.0382 e. The fraction of sp³-hybridized carbons (Fsp3) is 0.333. The van der Waals surface area contributed by atoms with Crippen LogP contribution in [0.1, 0.15) is 18.9 Å². The van der Waals surface area contributed by atoms with E-state index in [9.17, 15) is 0 Å². The fourth-order valence-corrected chi connectivity index (χ4v) is 0.877. The highest BCUT2D eigenvalue weighted by molar-refractivity contribution is 5.19. The maximum Gasteiger partial charge on any atom is 0.0382 e. The van der Waals surface area contributed by atoms with Crippen molar-refractivity contribution in [1.29, 1.82) is 0 Å². The van der Waals surface area contributed by atoms with E-state index < -0.39 is 0 Å². The molecule has 1 aromatic rings. The van der Waals surface area contributed by atoms with Crippen molar-refractivity contribution in [3.63, 3.8) is 0 Å². The average Bonchev–Trinajstić information content (AvgIpc) is 2.06. The van der Waals surface area contributed by atoms with Crippen LogP contribution in [0.25, 0.3) is 0 Å². The molecule has 1 unspecified atom stereocenters. The van der Waals surface area contributed by atoms with Crippen LogP contribution in [0, 0.1) is 6.92 Å². The molecule has 0 saturated carbocycles. The number of hydrogen-bond acceptors (Lipinski definition) is 2. The zero-order chi connectivity index (χ0) is 8.32. The van der Waals surface area contributed by atoms with Crippen LogP contribution in [0.15, 0.2) is 24.5 Å². The second-order valence-corrected chi connectivity index (χ2v) is 2.90. The standard InChI is InChI=1S/C9H13N2/c1-3-9(2,10)8-4-6-11-7-5-8/h4-7H,1,3,10H2,2H3. The molecule has 0 aliphatic rings. The zero-order valence-electron chi connectivity index (χ0n) is 6.75. The molecule has 0 bridgehead atoms. The van der Waals surface area contributed by atoms with E-state index in [1.54, 1.807) is 12.4 Å². The third kappa shape index (κ3) is 1.77. The van der Waals surface area contributed by atoms with Gasteiger partial charge in [0.1, 0.15) is 0 Å². The van der Waals surface area contributed by atoms with Crippen molar-refractivity contribution in [3.05, 3.63) is 37.0 Å². The molecule has 2 heteroatoms.